The smallest absolute Gasteiger partial charge is 0.256 e. The summed E-state index contributed by atoms with van der Waals surface area (Å²) in [6.07, 6.45) is 5.08. The molecule has 9 heteroatoms. The van der Waals surface area contributed by atoms with E-state index in [1.165, 1.54) is 18.5 Å². The van der Waals surface area contributed by atoms with Crippen molar-refractivity contribution < 1.29 is 9.53 Å². The van der Waals surface area contributed by atoms with Gasteiger partial charge in [0, 0.05) is 56.3 Å². The maximum Gasteiger partial charge on any atom is 0.256 e. The number of fused-ring (bicyclic) bond motifs is 1. The normalized spacial score (nSPS) is 15.3. The minimum absolute atomic E-state index is 0.0442. The zero-order valence-corrected chi connectivity index (χ0v) is 21.2. The number of hydrogen-bond donors (Lipinski definition) is 0. The Hall–Kier alpha value is -3.88. The van der Waals surface area contributed by atoms with Crippen LogP contribution in [0, 0.1) is 12.8 Å². The molecule has 186 valence electrons. The van der Waals surface area contributed by atoms with Gasteiger partial charge in [-0.3, -0.25) is 9.48 Å². The largest absolute Gasteiger partial charge is 0.497 e. The van der Waals surface area contributed by atoms with Crippen molar-refractivity contribution in [1.29, 1.82) is 0 Å². The standard InChI is InChI=1S/C27H31N7O2/c1-17-21(13-24(31(17)2)19-7-9-20(36-4)10-8-19)27(35)33-12-11-23-22(15-33)25(30-32(23)3)26-29-28-16-34(26)14-18-5-6-18/h7-10,13,16,18H,5-6,11-12,14-15H2,1-4H3. The molecule has 9 nitrogen and oxygen atoms in total. The number of amides is 1. The summed E-state index contributed by atoms with van der Waals surface area (Å²) in [5.74, 6) is 2.36. The van der Waals surface area contributed by atoms with Crippen LogP contribution in [-0.4, -0.2) is 53.6 Å². The van der Waals surface area contributed by atoms with Crippen molar-refractivity contribution in [3.05, 3.63) is 59.2 Å². The molecule has 1 aliphatic heterocycles. The van der Waals surface area contributed by atoms with Gasteiger partial charge in [0.05, 0.1) is 19.2 Å². The molecule has 4 heterocycles. The zero-order chi connectivity index (χ0) is 25.0. The van der Waals surface area contributed by atoms with Crippen molar-refractivity contribution in [3.63, 3.8) is 0 Å². The van der Waals surface area contributed by atoms with E-state index in [0.717, 1.165) is 58.3 Å². The number of benzene rings is 1. The van der Waals surface area contributed by atoms with E-state index in [9.17, 15) is 4.79 Å². The Morgan fingerprint density at radius 3 is 2.67 bits per heavy atom. The summed E-state index contributed by atoms with van der Waals surface area (Å²) >= 11 is 0. The Labute approximate surface area is 210 Å². The van der Waals surface area contributed by atoms with E-state index < -0.39 is 0 Å². The van der Waals surface area contributed by atoms with Crippen molar-refractivity contribution in [2.45, 2.75) is 39.3 Å². The molecule has 0 atom stereocenters. The average Bonchev–Trinajstić information content (AvgIpc) is 3.38. The fourth-order valence-corrected chi connectivity index (χ4v) is 5.22. The Morgan fingerprint density at radius 1 is 1.17 bits per heavy atom. The Kier molecular flexibility index (Phi) is 5.43. The van der Waals surface area contributed by atoms with Crippen LogP contribution >= 0.6 is 0 Å². The van der Waals surface area contributed by atoms with Gasteiger partial charge in [0.2, 0.25) is 0 Å². The molecule has 1 saturated carbocycles. The maximum atomic E-state index is 13.8. The lowest BCUT2D eigenvalue weighted by molar-refractivity contribution is 0.0733. The minimum atomic E-state index is 0.0442. The molecule has 1 fully saturated rings. The Balaban J connectivity index is 1.30. The molecule has 4 aromatic rings. The Bertz CT molecular complexity index is 1440. The van der Waals surface area contributed by atoms with E-state index in [0.29, 0.717) is 19.0 Å². The van der Waals surface area contributed by atoms with Gasteiger partial charge in [0.1, 0.15) is 17.8 Å². The number of rotatable bonds is 6. The van der Waals surface area contributed by atoms with Crippen LogP contribution in [0.15, 0.2) is 36.7 Å². The molecule has 1 amide bonds. The van der Waals surface area contributed by atoms with E-state index in [4.69, 9.17) is 9.84 Å². The predicted octanol–water partition coefficient (Wildman–Crippen LogP) is 3.61. The number of carbonyl (C=O) groups is 1. The number of methoxy groups -OCH3 is 1. The van der Waals surface area contributed by atoms with E-state index in [-0.39, 0.29) is 5.91 Å². The van der Waals surface area contributed by atoms with Crippen molar-refractivity contribution in [3.8, 4) is 28.5 Å². The van der Waals surface area contributed by atoms with Gasteiger partial charge in [0.15, 0.2) is 5.82 Å². The first kappa shape index (κ1) is 22.6. The lowest BCUT2D eigenvalue weighted by Crippen LogP contribution is -2.36. The van der Waals surface area contributed by atoms with Crippen molar-refractivity contribution >= 4 is 5.91 Å². The molecular formula is C27H31N7O2. The molecule has 0 spiro atoms. The quantitative estimate of drug-likeness (QED) is 0.417. The van der Waals surface area contributed by atoms with E-state index >= 15 is 0 Å². The van der Waals surface area contributed by atoms with Gasteiger partial charge in [-0.05, 0) is 61.6 Å². The molecule has 1 aromatic carbocycles. The van der Waals surface area contributed by atoms with Gasteiger partial charge < -0.3 is 18.8 Å². The van der Waals surface area contributed by atoms with Crippen LogP contribution < -0.4 is 4.74 Å². The second-order valence-electron chi connectivity index (χ2n) is 9.94. The highest BCUT2D eigenvalue weighted by atomic mass is 16.5. The second kappa shape index (κ2) is 8.65. The van der Waals surface area contributed by atoms with E-state index in [1.807, 2.05) is 60.9 Å². The molecule has 3 aromatic heterocycles. The van der Waals surface area contributed by atoms with Crippen LogP contribution in [0.2, 0.25) is 0 Å². The molecule has 0 bridgehead atoms. The van der Waals surface area contributed by atoms with Gasteiger partial charge >= 0.3 is 0 Å². The highest BCUT2D eigenvalue weighted by Gasteiger charge is 2.32. The lowest BCUT2D eigenvalue weighted by Gasteiger charge is -2.27. The summed E-state index contributed by atoms with van der Waals surface area (Å²) in [4.78, 5) is 15.7. The zero-order valence-electron chi connectivity index (χ0n) is 21.2. The second-order valence-corrected chi connectivity index (χ2v) is 9.94. The van der Waals surface area contributed by atoms with Gasteiger partial charge in [-0.15, -0.1) is 10.2 Å². The molecule has 6 rings (SSSR count). The van der Waals surface area contributed by atoms with E-state index in [1.54, 1.807) is 13.4 Å². The first-order valence-electron chi connectivity index (χ1n) is 12.5. The molecule has 0 unspecified atom stereocenters. The maximum absolute atomic E-state index is 13.8. The van der Waals surface area contributed by atoms with E-state index in [2.05, 4.69) is 19.3 Å². The fourth-order valence-electron chi connectivity index (χ4n) is 5.22. The highest BCUT2D eigenvalue weighted by Crippen LogP contribution is 2.34. The number of ether oxygens (including phenoxy) is 1. The van der Waals surface area contributed by atoms with Gasteiger partial charge in [-0.1, -0.05) is 0 Å². The van der Waals surface area contributed by atoms with Crippen LogP contribution in [0.3, 0.4) is 0 Å². The highest BCUT2D eigenvalue weighted by molar-refractivity contribution is 5.97. The number of aromatic nitrogens is 6. The summed E-state index contributed by atoms with van der Waals surface area (Å²) in [6.45, 7) is 4.10. The van der Waals surface area contributed by atoms with Crippen molar-refractivity contribution in [1.82, 2.24) is 34.0 Å². The summed E-state index contributed by atoms with van der Waals surface area (Å²) < 4.78 is 11.4. The van der Waals surface area contributed by atoms with Gasteiger partial charge in [0.25, 0.3) is 5.91 Å². The fraction of sp³-hybridized carbons (Fsp3) is 0.407. The average molecular weight is 486 g/mol. The molecule has 0 radical (unpaired) electrons. The number of aryl methyl sites for hydroxylation is 1. The third kappa shape index (κ3) is 3.79. The van der Waals surface area contributed by atoms with Crippen LogP contribution in [0.25, 0.3) is 22.8 Å². The molecule has 0 saturated heterocycles. The van der Waals surface area contributed by atoms with Crippen molar-refractivity contribution in [2.24, 2.45) is 20.0 Å². The summed E-state index contributed by atoms with van der Waals surface area (Å²) in [6, 6.07) is 9.93. The van der Waals surface area contributed by atoms with Crippen LogP contribution in [0.1, 0.15) is 40.2 Å². The third-order valence-electron chi connectivity index (χ3n) is 7.66. The summed E-state index contributed by atoms with van der Waals surface area (Å²) in [5, 5.41) is 13.4. The molecular weight excluding hydrogens is 454 g/mol. The van der Waals surface area contributed by atoms with Crippen LogP contribution in [-0.2, 0) is 33.6 Å². The minimum Gasteiger partial charge on any atom is -0.497 e. The SMILES string of the molecule is COc1ccc(-c2cc(C(=O)N3CCc4c(c(-c5nncn5CC5CC5)nn4C)C3)c(C)n2C)cc1. The number of carbonyl (C=O) groups excluding carboxylic acids is 1. The topological polar surface area (TPSA) is 83.0 Å². The number of nitrogens with zero attached hydrogens (tertiary/aromatic N) is 7. The Morgan fingerprint density at radius 2 is 1.94 bits per heavy atom. The first-order valence-corrected chi connectivity index (χ1v) is 12.5. The first-order chi connectivity index (χ1) is 17.4. The van der Waals surface area contributed by atoms with Gasteiger partial charge in [-0.25, -0.2) is 0 Å². The predicted molar refractivity (Wildman–Crippen MR) is 136 cm³/mol. The van der Waals surface area contributed by atoms with Crippen LogP contribution in [0.4, 0.5) is 0 Å². The lowest BCUT2D eigenvalue weighted by atomic mass is 10.0. The summed E-state index contributed by atoms with van der Waals surface area (Å²) in [5.41, 5.74) is 6.82. The third-order valence-corrected chi connectivity index (χ3v) is 7.66. The molecule has 0 N–H and O–H groups in total. The van der Waals surface area contributed by atoms with Crippen molar-refractivity contribution in [2.75, 3.05) is 13.7 Å². The number of hydrogen-bond acceptors (Lipinski definition) is 5. The van der Waals surface area contributed by atoms with Crippen LogP contribution in [0.5, 0.6) is 5.75 Å². The molecule has 2 aliphatic rings. The molecule has 1 aliphatic carbocycles. The van der Waals surface area contributed by atoms with Gasteiger partial charge in [-0.2, -0.15) is 5.10 Å². The molecule has 36 heavy (non-hydrogen) atoms. The summed E-state index contributed by atoms with van der Waals surface area (Å²) in [7, 11) is 5.64. The monoisotopic (exact) mass is 485 g/mol.